The van der Waals surface area contributed by atoms with Gasteiger partial charge in [-0.05, 0) is 57.8 Å². The average molecular weight is 854 g/mol. The Labute approximate surface area is 378 Å². The Bertz CT molecular complexity index is 1090. The Morgan fingerprint density at radius 2 is 0.852 bits per heavy atom. The van der Waals surface area contributed by atoms with Crippen LogP contribution in [0.15, 0.2) is 60.8 Å². The van der Waals surface area contributed by atoms with Gasteiger partial charge >= 0.3 is 5.97 Å². The van der Waals surface area contributed by atoms with Crippen LogP contribution in [0, 0.1) is 0 Å². The number of nitrogens with one attached hydrogen (secondary N) is 1. The molecule has 3 unspecified atom stereocenters. The molecule has 61 heavy (non-hydrogen) atoms. The second-order valence-corrected chi connectivity index (χ2v) is 17.5. The molecule has 0 aromatic rings. The van der Waals surface area contributed by atoms with Crippen LogP contribution in [0.4, 0.5) is 0 Å². The van der Waals surface area contributed by atoms with Crippen LogP contribution < -0.4 is 5.32 Å². The smallest absolute Gasteiger partial charge is 0.306 e. The predicted octanol–water partition coefficient (Wildman–Crippen LogP) is 15.6. The molecular weight excluding hydrogens is 755 g/mol. The van der Waals surface area contributed by atoms with Crippen molar-refractivity contribution in [2.24, 2.45) is 0 Å². The van der Waals surface area contributed by atoms with Crippen LogP contribution in [0.1, 0.15) is 252 Å². The summed E-state index contributed by atoms with van der Waals surface area (Å²) in [6.07, 6.45) is 60.0. The van der Waals surface area contributed by atoms with Gasteiger partial charge in [0.15, 0.2) is 0 Å². The van der Waals surface area contributed by atoms with Gasteiger partial charge in [0.2, 0.25) is 5.91 Å². The molecular formula is C55H99NO5. The number of hydrogen-bond donors (Lipinski definition) is 3. The highest BCUT2D eigenvalue weighted by molar-refractivity contribution is 5.77. The maximum Gasteiger partial charge on any atom is 0.306 e. The zero-order valence-electron chi connectivity index (χ0n) is 40.3. The molecule has 0 radical (unpaired) electrons. The molecule has 0 aromatic carbocycles. The van der Waals surface area contributed by atoms with Gasteiger partial charge in [0.05, 0.1) is 25.2 Å². The third kappa shape index (κ3) is 44.0. The molecule has 0 spiro atoms. The molecule has 1 amide bonds. The Balaban J connectivity index is 4.67. The minimum absolute atomic E-state index is 0.0492. The van der Waals surface area contributed by atoms with Crippen molar-refractivity contribution in [3.05, 3.63) is 60.8 Å². The monoisotopic (exact) mass is 854 g/mol. The van der Waals surface area contributed by atoms with Gasteiger partial charge in [-0.1, -0.05) is 242 Å². The van der Waals surface area contributed by atoms with Crippen molar-refractivity contribution in [1.29, 1.82) is 0 Å². The van der Waals surface area contributed by atoms with E-state index in [-0.39, 0.29) is 31.3 Å². The molecule has 0 bridgehead atoms. The number of esters is 1. The van der Waals surface area contributed by atoms with E-state index in [4.69, 9.17) is 4.74 Å². The average Bonchev–Trinajstić information content (AvgIpc) is 3.25. The van der Waals surface area contributed by atoms with Crippen molar-refractivity contribution in [1.82, 2.24) is 5.32 Å². The zero-order chi connectivity index (χ0) is 44.5. The van der Waals surface area contributed by atoms with E-state index >= 15 is 0 Å². The molecule has 3 N–H and O–H groups in total. The van der Waals surface area contributed by atoms with Crippen molar-refractivity contribution in [2.75, 3.05) is 6.61 Å². The molecule has 0 saturated heterocycles. The lowest BCUT2D eigenvalue weighted by atomic mass is 10.0. The molecule has 0 aliphatic heterocycles. The summed E-state index contributed by atoms with van der Waals surface area (Å²) in [7, 11) is 0. The van der Waals surface area contributed by atoms with Gasteiger partial charge in [-0.3, -0.25) is 9.59 Å². The Morgan fingerprint density at radius 3 is 1.25 bits per heavy atom. The molecule has 0 aliphatic rings. The van der Waals surface area contributed by atoms with E-state index in [2.05, 4.69) is 80.8 Å². The van der Waals surface area contributed by atoms with Crippen LogP contribution in [-0.4, -0.2) is 46.9 Å². The van der Waals surface area contributed by atoms with Crippen molar-refractivity contribution in [2.45, 2.75) is 270 Å². The highest BCUT2D eigenvalue weighted by Crippen LogP contribution is 2.18. The number of rotatable bonds is 46. The van der Waals surface area contributed by atoms with E-state index in [1.807, 2.05) is 6.08 Å². The molecule has 0 aromatic heterocycles. The molecule has 0 rings (SSSR count). The summed E-state index contributed by atoms with van der Waals surface area (Å²) in [4.78, 5) is 26.1. The van der Waals surface area contributed by atoms with Crippen molar-refractivity contribution >= 4 is 11.9 Å². The van der Waals surface area contributed by atoms with Gasteiger partial charge in [-0.25, -0.2) is 0 Å². The van der Waals surface area contributed by atoms with Gasteiger partial charge < -0.3 is 20.3 Å². The molecule has 0 heterocycles. The normalized spacial score (nSPS) is 13.7. The second kappa shape index (κ2) is 48.6. The molecule has 6 heteroatoms. The first kappa shape index (κ1) is 58.6. The van der Waals surface area contributed by atoms with Crippen molar-refractivity contribution < 1.29 is 24.5 Å². The number of hydrogen-bond acceptors (Lipinski definition) is 5. The van der Waals surface area contributed by atoms with Gasteiger partial charge in [0.1, 0.15) is 6.10 Å². The fourth-order valence-electron chi connectivity index (χ4n) is 7.72. The van der Waals surface area contributed by atoms with Gasteiger partial charge in [0, 0.05) is 6.42 Å². The third-order valence-electron chi connectivity index (χ3n) is 11.6. The number of ether oxygens (including phenoxy) is 1. The molecule has 354 valence electrons. The van der Waals surface area contributed by atoms with Gasteiger partial charge in [-0.2, -0.15) is 0 Å². The molecule has 0 aliphatic carbocycles. The van der Waals surface area contributed by atoms with Crippen LogP contribution >= 0.6 is 0 Å². The number of carbonyl (C=O) groups excluding carboxylic acids is 2. The first-order valence-corrected chi connectivity index (χ1v) is 26.0. The summed E-state index contributed by atoms with van der Waals surface area (Å²) in [5.74, 6) is -0.566. The lowest BCUT2D eigenvalue weighted by molar-refractivity contribution is -0.150. The van der Waals surface area contributed by atoms with Gasteiger partial charge in [-0.15, -0.1) is 0 Å². The minimum Gasteiger partial charge on any atom is -0.462 e. The third-order valence-corrected chi connectivity index (χ3v) is 11.6. The van der Waals surface area contributed by atoms with E-state index in [1.165, 1.54) is 128 Å². The van der Waals surface area contributed by atoms with Gasteiger partial charge in [0.25, 0.3) is 0 Å². The lowest BCUT2D eigenvalue weighted by Crippen LogP contribution is -2.46. The highest BCUT2D eigenvalue weighted by Gasteiger charge is 2.24. The van der Waals surface area contributed by atoms with Crippen LogP contribution in [0.25, 0.3) is 0 Å². The second-order valence-electron chi connectivity index (χ2n) is 17.5. The first-order valence-electron chi connectivity index (χ1n) is 26.0. The standard InChI is InChI=1S/C55H99NO5/c1-4-7-10-13-16-19-22-25-26-27-30-33-36-39-42-45-48-55(60)61-51(46-43-40-37-34-31-28-23-20-17-14-11-8-5-2)49-54(59)56-52(50-57)53(58)47-44-41-38-35-32-29-24-21-18-15-12-9-6-3/h7,10,16,19,25-26,30,33,39,42,51-53,57-58H,4-6,8-9,11-15,17-18,20-24,27-29,31-32,34-38,40-41,43-50H2,1-3H3,(H,56,59)/b10-7+,19-16+,26-25+,33-30+,42-39+. The summed E-state index contributed by atoms with van der Waals surface area (Å²) in [6.45, 7) is 6.36. The fourth-order valence-corrected chi connectivity index (χ4v) is 7.72. The van der Waals surface area contributed by atoms with Crippen molar-refractivity contribution in [3.8, 4) is 0 Å². The van der Waals surface area contributed by atoms with Crippen LogP contribution in [0.2, 0.25) is 0 Å². The molecule has 3 atom stereocenters. The van der Waals surface area contributed by atoms with E-state index in [1.54, 1.807) is 0 Å². The predicted molar refractivity (Wildman–Crippen MR) is 264 cm³/mol. The summed E-state index contributed by atoms with van der Waals surface area (Å²) in [5, 5.41) is 23.8. The highest BCUT2D eigenvalue weighted by atomic mass is 16.5. The number of allylic oxidation sites excluding steroid dienone is 10. The summed E-state index contributed by atoms with van der Waals surface area (Å²) < 4.78 is 5.89. The Morgan fingerprint density at radius 1 is 0.492 bits per heavy atom. The summed E-state index contributed by atoms with van der Waals surface area (Å²) in [6, 6.07) is -0.715. The Kier molecular flexibility index (Phi) is 46.6. The number of unbranched alkanes of at least 4 members (excludes halogenated alkanes) is 24. The maximum atomic E-state index is 13.2. The summed E-state index contributed by atoms with van der Waals surface area (Å²) >= 11 is 0. The first-order chi connectivity index (χ1) is 30.0. The number of aliphatic hydroxyl groups excluding tert-OH is 2. The van der Waals surface area contributed by atoms with E-state index in [0.29, 0.717) is 19.3 Å². The topological polar surface area (TPSA) is 95.9 Å². The minimum atomic E-state index is -0.799. The van der Waals surface area contributed by atoms with Crippen LogP contribution in [0.3, 0.4) is 0 Å². The lowest BCUT2D eigenvalue weighted by Gasteiger charge is -2.24. The molecule has 6 nitrogen and oxygen atoms in total. The summed E-state index contributed by atoms with van der Waals surface area (Å²) in [5.41, 5.74) is 0. The van der Waals surface area contributed by atoms with Crippen molar-refractivity contribution in [3.63, 3.8) is 0 Å². The van der Waals surface area contributed by atoms with Crippen LogP contribution in [-0.2, 0) is 14.3 Å². The Hall–Kier alpha value is -2.44. The molecule has 0 fully saturated rings. The maximum absolute atomic E-state index is 13.2. The SMILES string of the molecule is CC/C=C/C/C=C/C/C=C/C/C=C/C/C=C/CCC(=O)OC(CCCCCCCCCCCCCCC)CC(=O)NC(CO)C(O)CCCCCCCCCCCCCCC. The number of carbonyl (C=O) groups is 2. The largest absolute Gasteiger partial charge is 0.462 e. The number of amides is 1. The van der Waals surface area contributed by atoms with E-state index in [9.17, 15) is 19.8 Å². The van der Waals surface area contributed by atoms with E-state index < -0.39 is 18.2 Å². The zero-order valence-corrected chi connectivity index (χ0v) is 40.3. The van der Waals surface area contributed by atoms with E-state index in [0.717, 1.165) is 70.6 Å². The van der Waals surface area contributed by atoms with Crippen LogP contribution in [0.5, 0.6) is 0 Å². The quantitative estimate of drug-likeness (QED) is 0.0322. The number of aliphatic hydroxyl groups is 2. The molecule has 0 saturated carbocycles. The fraction of sp³-hybridized carbons (Fsp3) is 0.782.